The summed E-state index contributed by atoms with van der Waals surface area (Å²) in [4.78, 5) is 11.8. The number of hydrogen-bond donors (Lipinski definition) is 1. The summed E-state index contributed by atoms with van der Waals surface area (Å²) in [5.41, 5.74) is 1.32. The molecule has 0 heterocycles. The van der Waals surface area contributed by atoms with Crippen molar-refractivity contribution in [3.63, 3.8) is 0 Å². The molecule has 0 aliphatic rings. The van der Waals surface area contributed by atoms with Crippen LogP contribution in [0.25, 0.3) is 0 Å². The van der Waals surface area contributed by atoms with Crippen LogP contribution in [0.5, 0.6) is 0 Å². The van der Waals surface area contributed by atoms with Crippen LogP contribution in [0.1, 0.15) is 15.9 Å². The molecule has 0 radical (unpaired) electrons. The molecular formula is C14H11F2NO. The van der Waals surface area contributed by atoms with E-state index in [0.29, 0.717) is 5.56 Å². The minimum atomic E-state index is -0.795. The van der Waals surface area contributed by atoms with Gasteiger partial charge < -0.3 is 5.32 Å². The molecule has 0 saturated carbocycles. The first-order valence-electron chi connectivity index (χ1n) is 5.39. The standard InChI is InChI=1S/C14H11F2NO/c1-9-3-2-4-10(7-9)14(18)17-13-6-5-11(15)8-12(13)16/h2-8H,1H3,(H,17,18). The molecule has 0 spiro atoms. The van der Waals surface area contributed by atoms with Gasteiger partial charge in [-0.15, -0.1) is 0 Å². The van der Waals surface area contributed by atoms with Gasteiger partial charge in [-0.05, 0) is 31.2 Å². The van der Waals surface area contributed by atoms with Crippen molar-refractivity contribution in [3.8, 4) is 0 Å². The van der Waals surface area contributed by atoms with E-state index in [2.05, 4.69) is 5.32 Å². The fraction of sp³-hybridized carbons (Fsp3) is 0.0714. The van der Waals surface area contributed by atoms with Crippen LogP contribution in [0.3, 0.4) is 0 Å². The van der Waals surface area contributed by atoms with Crippen molar-refractivity contribution >= 4 is 11.6 Å². The topological polar surface area (TPSA) is 29.1 Å². The second-order valence-corrected chi connectivity index (χ2v) is 3.95. The second-order valence-electron chi connectivity index (χ2n) is 3.95. The molecule has 0 aromatic heterocycles. The van der Waals surface area contributed by atoms with Crippen molar-refractivity contribution in [1.29, 1.82) is 0 Å². The smallest absolute Gasteiger partial charge is 0.255 e. The summed E-state index contributed by atoms with van der Waals surface area (Å²) in [5, 5.41) is 2.40. The molecule has 0 aliphatic carbocycles. The third kappa shape index (κ3) is 2.71. The van der Waals surface area contributed by atoms with Gasteiger partial charge in [0.15, 0.2) is 0 Å². The van der Waals surface area contributed by atoms with Gasteiger partial charge in [-0.2, -0.15) is 0 Å². The summed E-state index contributed by atoms with van der Waals surface area (Å²) in [6, 6.07) is 9.93. The van der Waals surface area contributed by atoms with Crippen LogP contribution in [-0.2, 0) is 0 Å². The molecule has 2 aromatic carbocycles. The summed E-state index contributed by atoms with van der Waals surface area (Å²) in [6.45, 7) is 1.86. The van der Waals surface area contributed by atoms with Crippen LogP contribution in [0, 0.1) is 18.6 Å². The van der Waals surface area contributed by atoms with E-state index >= 15 is 0 Å². The van der Waals surface area contributed by atoms with Crippen LogP contribution in [0.2, 0.25) is 0 Å². The lowest BCUT2D eigenvalue weighted by atomic mass is 10.1. The normalized spacial score (nSPS) is 10.2. The van der Waals surface area contributed by atoms with E-state index in [1.807, 2.05) is 13.0 Å². The summed E-state index contributed by atoms with van der Waals surface area (Å²) in [5.74, 6) is -1.90. The van der Waals surface area contributed by atoms with E-state index in [-0.39, 0.29) is 5.69 Å². The molecule has 0 fully saturated rings. The van der Waals surface area contributed by atoms with Gasteiger partial charge >= 0.3 is 0 Å². The van der Waals surface area contributed by atoms with Gasteiger partial charge in [0, 0.05) is 11.6 Å². The second kappa shape index (κ2) is 4.96. The van der Waals surface area contributed by atoms with Gasteiger partial charge in [0.2, 0.25) is 0 Å². The zero-order valence-electron chi connectivity index (χ0n) is 9.71. The number of aryl methyl sites for hydroxylation is 1. The molecule has 0 bridgehead atoms. The summed E-state index contributed by atoms with van der Waals surface area (Å²) < 4.78 is 26.1. The molecule has 0 unspecified atom stereocenters. The number of anilines is 1. The number of benzene rings is 2. The van der Waals surface area contributed by atoms with Crippen molar-refractivity contribution in [2.24, 2.45) is 0 Å². The monoisotopic (exact) mass is 247 g/mol. The quantitative estimate of drug-likeness (QED) is 0.864. The Kier molecular flexibility index (Phi) is 3.37. The Hall–Kier alpha value is -2.23. The van der Waals surface area contributed by atoms with E-state index in [1.54, 1.807) is 18.2 Å². The molecule has 0 saturated heterocycles. The lowest BCUT2D eigenvalue weighted by Crippen LogP contribution is -2.13. The van der Waals surface area contributed by atoms with Gasteiger partial charge in [0.1, 0.15) is 11.6 Å². The van der Waals surface area contributed by atoms with E-state index in [1.165, 1.54) is 6.07 Å². The Labute approximate surface area is 103 Å². The van der Waals surface area contributed by atoms with Gasteiger partial charge in [0.25, 0.3) is 5.91 Å². The highest BCUT2D eigenvalue weighted by Gasteiger charge is 2.09. The summed E-state index contributed by atoms with van der Waals surface area (Å²) in [7, 11) is 0. The first kappa shape index (κ1) is 12.2. The van der Waals surface area contributed by atoms with Crippen molar-refractivity contribution in [1.82, 2.24) is 0 Å². The number of amides is 1. The molecule has 2 nitrogen and oxygen atoms in total. The van der Waals surface area contributed by atoms with Gasteiger partial charge in [-0.25, -0.2) is 8.78 Å². The average Bonchev–Trinajstić information content (AvgIpc) is 2.32. The fourth-order valence-corrected chi connectivity index (χ4v) is 1.57. The summed E-state index contributed by atoms with van der Waals surface area (Å²) >= 11 is 0. The molecule has 0 atom stereocenters. The van der Waals surface area contributed by atoms with E-state index in [9.17, 15) is 13.6 Å². The van der Waals surface area contributed by atoms with Crippen molar-refractivity contribution < 1.29 is 13.6 Å². The third-order valence-electron chi connectivity index (χ3n) is 2.46. The van der Waals surface area contributed by atoms with E-state index in [0.717, 1.165) is 17.7 Å². The van der Waals surface area contributed by atoms with Gasteiger partial charge in [-0.1, -0.05) is 17.7 Å². The number of halogens is 2. The first-order chi connectivity index (χ1) is 8.56. The number of carbonyl (C=O) groups excluding carboxylic acids is 1. The minimum absolute atomic E-state index is 0.0390. The molecule has 1 amide bonds. The zero-order chi connectivity index (χ0) is 13.1. The summed E-state index contributed by atoms with van der Waals surface area (Å²) in [6.07, 6.45) is 0. The van der Waals surface area contributed by atoms with Crippen molar-refractivity contribution in [2.75, 3.05) is 5.32 Å². The Bertz CT molecular complexity index is 596. The van der Waals surface area contributed by atoms with E-state index < -0.39 is 17.5 Å². The minimum Gasteiger partial charge on any atom is -0.319 e. The number of nitrogens with one attached hydrogen (secondary N) is 1. The number of hydrogen-bond acceptors (Lipinski definition) is 1. The molecule has 4 heteroatoms. The van der Waals surface area contributed by atoms with Crippen LogP contribution < -0.4 is 5.32 Å². The highest BCUT2D eigenvalue weighted by atomic mass is 19.1. The third-order valence-corrected chi connectivity index (χ3v) is 2.46. The molecule has 0 aliphatic heterocycles. The molecular weight excluding hydrogens is 236 g/mol. The Morgan fingerprint density at radius 3 is 2.56 bits per heavy atom. The van der Waals surface area contributed by atoms with Crippen LogP contribution >= 0.6 is 0 Å². The largest absolute Gasteiger partial charge is 0.319 e. The van der Waals surface area contributed by atoms with Gasteiger partial charge in [-0.3, -0.25) is 4.79 Å². The molecule has 2 rings (SSSR count). The lowest BCUT2D eigenvalue weighted by molar-refractivity contribution is 0.102. The Morgan fingerprint density at radius 1 is 1.11 bits per heavy atom. The van der Waals surface area contributed by atoms with Crippen molar-refractivity contribution in [2.45, 2.75) is 6.92 Å². The molecule has 92 valence electrons. The molecule has 2 aromatic rings. The van der Waals surface area contributed by atoms with E-state index in [4.69, 9.17) is 0 Å². The fourth-order valence-electron chi connectivity index (χ4n) is 1.57. The van der Waals surface area contributed by atoms with Gasteiger partial charge in [0.05, 0.1) is 5.69 Å². The Morgan fingerprint density at radius 2 is 1.89 bits per heavy atom. The SMILES string of the molecule is Cc1cccc(C(=O)Nc2ccc(F)cc2F)c1. The highest BCUT2D eigenvalue weighted by molar-refractivity contribution is 6.04. The maximum atomic E-state index is 13.4. The van der Waals surface area contributed by atoms with Crippen LogP contribution in [-0.4, -0.2) is 5.91 Å². The lowest BCUT2D eigenvalue weighted by Gasteiger charge is -2.06. The van der Waals surface area contributed by atoms with Crippen LogP contribution in [0.15, 0.2) is 42.5 Å². The number of carbonyl (C=O) groups is 1. The van der Waals surface area contributed by atoms with Crippen molar-refractivity contribution in [3.05, 3.63) is 65.2 Å². The predicted octanol–water partition coefficient (Wildman–Crippen LogP) is 3.53. The molecule has 18 heavy (non-hydrogen) atoms. The zero-order valence-corrected chi connectivity index (χ0v) is 9.71. The number of rotatable bonds is 2. The maximum Gasteiger partial charge on any atom is 0.255 e. The Balaban J connectivity index is 2.21. The molecule has 1 N–H and O–H groups in total. The average molecular weight is 247 g/mol. The highest BCUT2D eigenvalue weighted by Crippen LogP contribution is 2.16. The predicted molar refractivity (Wildman–Crippen MR) is 65.5 cm³/mol. The maximum absolute atomic E-state index is 13.4. The first-order valence-corrected chi connectivity index (χ1v) is 5.39. The van der Waals surface area contributed by atoms with Crippen LogP contribution in [0.4, 0.5) is 14.5 Å².